The predicted octanol–water partition coefficient (Wildman–Crippen LogP) is 2.83. The lowest BCUT2D eigenvalue weighted by Gasteiger charge is -2.46. The number of piperidine rings is 1. The molecular weight excluding hydrogens is 170 g/mol. The number of hydrogen-bond donors (Lipinski definition) is 0. The van der Waals surface area contributed by atoms with E-state index in [0.717, 1.165) is 12.0 Å². The summed E-state index contributed by atoms with van der Waals surface area (Å²) in [5.74, 6) is 1.01. The average molecular weight is 191 g/mol. The Morgan fingerprint density at radius 1 is 1.43 bits per heavy atom. The van der Waals surface area contributed by atoms with Gasteiger partial charge in [-0.25, -0.2) is 0 Å². The normalized spacial score (nSPS) is 46.6. The van der Waals surface area contributed by atoms with Gasteiger partial charge in [-0.2, -0.15) is 0 Å². The number of rotatable bonds is 0. The van der Waals surface area contributed by atoms with Crippen molar-refractivity contribution in [2.24, 2.45) is 11.3 Å². The largest absolute Gasteiger partial charge is 0.290 e. The molecule has 0 aromatic carbocycles. The van der Waals surface area contributed by atoms with Crippen molar-refractivity contribution < 1.29 is 0 Å². The highest BCUT2D eigenvalue weighted by molar-refractivity contribution is 5.34. The van der Waals surface area contributed by atoms with E-state index in [9.17, 15) is 0 Å². The first-order valence-corrected chi connectivity index (χ1v) is 5.92. The van der Waals surface area contributed by atoms with Gasteiger partial charge < -0.3 is 0 Å². The van der Waals surface area contributed by atoms with Gasteiger partial charge in [-0.15, -0.1) is 0 Å². The molecular formula is C13H21N. The molecule has 0 amide bonds. The second-order valence-electron chi connectivity index (χ2n) is 6.42. The highest BCUT2D eigenvalue weighted by Crippen LogP contribution is 2.63. The quantitative estimate of drug-likeness (QED) is 0.532. The van der Waals surface area contributed by atoms with Gasteiger partial charge in [0.1, 0.15) is 0 Å². The summed E-state index contributed by atoms with van der Waals surface area (Å²) in [6.07, 6.45) is 4.09. The molecule has 2 aliphatic heterocycles. The summed E-state index contributed by atoms with van der Waals surface area (Å²) in [5.41, 5.74) is 2.24. The van der Waals surface area contributed by atoms with Crippen LogP contribution in [-0.4, -0.2) is 23.0 Å². The fraction of sp³-hybridized carbons (Fsp3) is 0.846. The topological polar surface area (TPSA) is 3.24 Å². The van der Waals surface area contributed by atoms with E-state index in [0.29, 0.717) is 11.0 Å². The fourth-order valence-electron chi connectivity index (χ4n) is 4.05. The van der Waals surface area contributed by atoms with E-state index in [2.05, 4.69) is 32.3 Å². The molecule has 0 radical (unpaired) electrons. The van der Waals surface area contributed by atoms with Gasteiger partial charge in [0, 0.05) is 18.1 Å². The second kappa shape index (κ2) is 2.27. The van der Waals surface area contributed by atoms with Crippen molar-refractivity contribution in [3.05, 3.63) is 12.2 Å². The molecule has 0 N–H and O–H groups in total. The Labute approximate surface area is 87.2 Å². The second-order valence-corrected chi connectivity index (χ2v) is 6.42. The molecule has 0 bridgehead atoms. The van der Waals surface area contributed by atoms with Crippen molar-refractivity contribution in [1.29, 1.82) is 0 Å². The summed E-state index contributed by atoms with van der Waals surface area (Å²) < 4.78 is 0. The van der Waals surface area contributed by atoms with Crippen LogP contribution in [0.2, 0.25) is 0 Å². The van der Waals surface area contributed by atoms with Crippen molar-refractivity contribution in [3.8, 4) is 0 Å². The molecule has 0 spiro atoms. The van der Waals surface area contributed by atoms with E-state index in [1.165, 1.54) is 31.4 Å². The Morgan fingerprint density at radius 2 is 2.14 bits per heavy atom. The van der Waals surface area contributed by atoms with E-state index in [1.54, 1.807) is 0 Å². The summed E-state index contributed by atoms with van der Waals surface area (Å²) in [5, 5.41) is 0. The summed E-state index contributed by atoms with van der Waals surface area (Å²) in [6.45, 7) is 12.8. The minimum atomic E-state index is 0.362. The van der Waals surface area contributed by atoms with Crippen LogP contribution in [-0.2, 0) is 0 Å². The van der Waals surface area contributed by atoms with Crippen LogP contribution in [0, 0.1) is 11.3 Å². The minimum absolute atomic E-state index is 0.362. The first kappa shape index (κ1) is 8.96. The molecule has 1 nitrogen and oxygen atoms in total. The first-order valence-electron chi connectivity index (χ1n) is 5.92. The monoisotopic (exact) mass is 191 g/mol. The van der Waals surface area contributed by atoms with Crippen LogP contribution in [0.5, 0.6) is 0 Å². The molecule has 3 rings (SSSR count). The summed E-state index contributed by atoms with van der Waals surface area (Å²) in [6, 6.07) is 0.925. The van der Waals surface area contributed by atoms with Crippen LogP contribution in [0.25, 0.3) is 0 Å². The predicted molar refractivity (Wildman–Crippen MR) is 59.2 cm³/mol. The SMILES string of the molecule is C=C1CCN2C3CC3CC12C(C)(C)C. The molecule has 14 heavy (non-hydrogen) atoms. The number of nitrogens with zero attached hydrogens (tertiary/aromatic N) is 1. The maximum Gasteiger partial charge on any atom is 0.0473 e. The van der Waals surface area contributed by atoms with Crippen molar-refractivity contribution in [3.63, 3.8) is 0 Å². The molecule has 3 atom stereocenters. The van der Waals surface area contributed by atoms with Gasteiger partial charge in [0.25, 0.3) is 0 Å². The molecule has 0 aromatic rings. The third-order valence-corrected chi connectivity index (χ3v) is 4.81. The average Bonchev–Trinajstić information content (AvgIpc) is 2.60. The lowest BCUT2D eigenvalue weighted by atomic mass is 9.68. The van der Waals surface area contributed by atoms with Crippen LogP contribution < -0.4 is 0 Å². The summed E-state index contributed by atoms with van der Waals surface area (Å²) >= 11 is 0. The van der Waals surface area contributed by atoms with Gasteiger partial charge >= 0.3 is 0 Å². The van der Waals surface area contributed by atoms with E-state index < -0.39 is 0 Å². The molecule has 0 aromatic heterocycles. The van der Waals surface area contributed by atoms with Crippen molar-refractivity contribution in [2.45, 2.75) is 51.6 Å². The zero-order valence-corrected chi connectivity index (χ0v) is 9.64. The number of hydrogen-bond acceptors (Lipinski definition) is 1. The highest BCUT2D eigenvalue weighted by atomic mass is 15.3. The van der Waals surface area contributed by atoms with Crippen LogP contribution in [0.1, 0.15) is 40.0 Å². The minimum Gasteiger partial charge on any atom is -0.290 e. The third-order valence-electron chi connectivity index (χ3n) is 4.81. The highest BCUT2D eigenvalue weighted by Gasteiger charge is 2.66. The first-order chi connectivity index (χ1) is 6.47. The Bertz CT molecular complexity index is 299. The lowest BCUT2D eigenvalue weighted by Crippen LogP contribution is -2.51. The van der Waals surface area contributed by atoms with E-state index in [1.807, 2.05) is 0 Å². The lowest BCUT2D eigenvalue weighted by molar-refractivity contribution is 0.0697. The Kier molecular flexibility index (Phi) is 1.45. The van der Waals surface area contributed by atoms with Crippen LogP contribution in [0.15, 0.2) is 12.2 Å². The molecule has 2 saturated heterocycles. The molecule has 3 fully saturated rings. The maximum atomic E-state index is 4.35. The Balaban J connectivity index is 2.06. The van der Waals surface area contributed by atoms with Gasteiger partial charge in [-0.3, -0.25) is 4.90 Å². The zero-order chi connectivity index (χ0) is 10.1. The Hall–Kier alpha value is -0.300. The van der Waals surface area contributed by atoms with E-state index in [-0.39, 0.29) is 0 Å². The summed E-state index contributed by atoms with van der Waals surface area (Å²) in [7, 11) is 0. The molecule has 2 heterocycles. The molecule has 1 aliphatic carbocycles. The van der Waals surface area contributed by atoms with Crippen molar-refractivity contribution in [1.82, 2.24) is 4.90 Å². The van der Waals surface area contributed by atoms with Gasteiger partial charge in [0.2, 0.25) is 0 Å². The van der Waals surface area contributed by atoms with Crippen molar-refractivity contribution >= 4 is 0 Å². The fourth-order valence-corrected chi connectivity index (χ4v) is 4.05. The molecule has 1 heteroatoms. The van der Waals surface area contributed by atoms with Gasteiger partial charge in [0.05, 0.1) is 0 Å². The molecule has 78 valence electrons. The van der Waals surface area contributed by atoms with Crippen molar-refractivity contribution in [2.75, 3.05) is 6.54 Å². The van der Waals surface area contributed by atoms with Gasteiger partial charge in [0.15, 0.2) is 0 Å². The van der Waals surface area contributed by atoms with E-state index in [4.69, 9.17) is 0 Å². The standard InChI is InChI=1S/C13H21N/c1-9-5-6-14-11-7-10(11)8-13(9,14)12(2,3)4/h10-11H,1,5-8H2,2-4H3. The number of fused-ring (bicyclic) bond motifs is 3. The van der Waals surface area contributed by atoms with Crippen LogP contribution in [0.3, 0.4) is 0 Å². The van der Waals surface area contributed by atoms with Crippen LogP contribution >= 0.6 is 0 Å². The molecule has 3 unspecified atom stereocenters. The van der Waals surface area contributed by atoms with Crippen LogP contribution in [0.4, 0.5) is 0 Å². The summed E-state index contributed by atoms with van der Waals surface area (Å²) in [4.78, 5) is 2.78. The maximum absolute atomic E-state index is 4.35. The van der Waals surface area contributed by atoms with E-state index >= 15 is 0 Å². The zero-order valence-electron chi connectivity index (χ0n) is 9.64. The smallest absolute Gasteiger partial charge is 0.0473 e. The third kappa shape index (κ3) is 0.809. The molecule has 1 saturated carbocycles. The Morgan fingerprint density at radius 3 is 2.71 bits per heavy atom. The van der Waals surface area contributed by atoms with Gasteiger partial charge in [-0.1, -0.05) is 32.9 Å². The molecule has 3 aliphatic rings. The van der Waals surface area contributed by atoms with Gasteiger partial charge in [-0.05, 0) is 30.6 Å².